The first kappa shape index (κ1) is 14.8. The van der Waals surface area contributed by atoms with Gasteiger partial charge in [-0.1, -0.05) is 24.3 Å². The summed E-state index contributed by atoms with van der Waals surface area (Å²) < 4.78 is 4.86. The molecule has 1 aromatic carbocycles. The van der Waals surface area contributed by atoms with Crippen LogP contribution >= 0.6 is 0 Å². The molecule has 2 rings (SSSR count). The number of urea groups is 1. The van der Waals surface area contributed by atoms with E-state index in [4.69, 9.17) is 4.74 Å². The van der Waals surface area contributed by atoms with Crippen molar-refractivity contribution in [3.05, 3.63) is 35.4 Å². The van der Waals surface area contributed by atoms with Gasteiger partial charge in [0.15, 0.2) is 0 Å². The second kappa shape index (κ2) is 6.72. The predicted octanol–water partition coefficient (Wildman–Crippen LogP) is 1.16. The lowest BCUT2D eigenvalue weighted by Gasteiger charge is -2.34. The highest BCUT2D eigenvalue weighted by Gasteiger charge is 2.34. The molecule has 20 heavy (non-hydrogen) atoms. The number of methoxy groups -OCH3 is 1. The molecule has 0 spiro atoms. The summed E-state index contributed by atoms with van der Waals surface area (Å²) in [6.07, 6.45) is 2.58. The number of aliphatic hydroxyl groups is 1. The summed E-state index contributed by atoms with van der Waals surface area (Å²) in [4.78, 5) is 11.6. The molecule has 0 radical (unpaired) electrons. The SMILES string of the molecule is COCCNC(=O)NC[C@]1(O)CCCc2ccccc21. The Labute approximate surface area is 119 Å². The van der Waals surface area contributed by atoms with Crippen molar-refractivity contribution in [1.82, 2.24) is 10.6 Å². The fourth-order valence-electron chi connectivity index (χ4n) is 2.64. The molecular weight excluding hydrogens is 256 g/mol. The smallest absolute Gasteiger partial charge is 0.314 e. The molecule has 0 unspecified atom stereocenters. The van der Waals surface area contributed by atoms with Crippen LogP contribution < -0.4 is 10.6 Å². The van der Waals surface area contributed by atoms with Crippen LogP contribution in [0.2, 0.25) is 0 Å². The van der Waals surface area contributed by atoms with Crippen molar-refractivity contribution < 1.29 is 14.6 Å². The van der Waals surface area contributed by atoms with E-state index in [0.717, 1.165) is 18.4 Å². The summed E-state index contributed by atoms with van der Waals surface area (Å²) in [5.41, 5.74) is 1.14. The van der Waals surface area contributed by atoms with Gasteiger partial charge in [-0.05, 0) is 30.4 Å². The van der Waals surface area contributed by atoms with Gasteiger partial charge in [0.1, 0.15) is 5.60 Å². The number of rotatable bonds is 5. The summed E-state index contributed by atoms with van der Waals surface area (Å²) >= 11 is 0. The highest BCUT2D eigenvalue weighted by molar-refractivity contribution is 5.73. The molecule has 0 heterocycles. The molecule has 0 aromatic heterocycles. The van der Waals surface area contributed by atoms with E-state index in [1.54, 1.807) is 7.11 Å². The molecule has 1 atom stereocenters. The molecule has 1 aliphatic rings. The molecule has 0 saturated heterocycles. The van der Waals surface area contributed by atoms with Gasteiger partial charge in [0, 0.05) is 13.7 Å². The van der Waals surface area contributed by atoms with Crippen molar-refractivity contribution in [2.24, 2.45) is 0 Å². The third kappa shape index (κ3) is 3.49. The zero-order valence-corrected chi connectivity index (χ0v) is 11.8. The Morgan fingerprint density at radius 1 is 1.40 bits per heavy atom. The molecule has 0 bridgehead atoms. The minimum atomic E-state index is -0.965. The number of aryl methyl sites for hydroxylation is 1. The van der Waals surface area contributed by atoms with Crippen LogP contribution in [0.1, 0.15) is 24.0 Å². The van der Waals surface area contributed by atoms with E-state index in [9.17, 15) is 9.90 Å². The minimum absolute atomic E-state index is 0.225. The fraction of sp³-hybridized carbons (Fsp3) is 0.533. The minimum Gasteiger partial charge on any atom is -0.383 e. The number of benzene rings is 1. The Kier molecular flexibility index (Phi) is 4.98. The van der Waals surface area contributed by atoms with Crippen LogP contribution in [0.3, 0.4) is 0 Å². The van der Waals surface area contributed by atoms with Crippen molar-refractivity contribution in [2.45, 2.75) is 24.9 Å². The number of carbonyl (C=O) groups excluding carboxylic acids is 1. The van der Waals surface area contributed by atoms with Crippen LogP contribution in [0.15, 0.2) is 24.3 Å². The molecule has 0 fully saturated rings. The quantitative estimate of drug-likeness (QED) is 0.708. The topological polar surface area (TPSA) is 70.6 Å². The van der Waals surface area contributed by atoms with E-state index < -0.39 is 5.60 Å². The lowest BCUT2D eigenvalue weighted by molar-refractivity contribution is 0.0216. The van der Waals surface area contributed by atoms with E-state index in [-0.39, 0.29) is 12.6 Å². The van der Waals surface area contributed by atoms with E-state index in [0.29, 0.717) is 19.6 Å². The van der Waals surface area contributed by atoms with Gasteiger partial charge in [-0.15, -0.1) is 0 Å². The Bertz CT molecular complexity index is 464. The molecule has 0 saturated carbocycles. The molecule has 3 N–H and O–H groups in total. The van der Waals surface area contributed by atoms with Crippen molar-refractivity contribution in [3.8, 4) is 0 Å². The monoisotopic (exact) mass is 278 g/mol. The Hall–Kier alpha value is -1.59. The van der Waals surface area contributed by atoms with Gasteiger partial charge in [-0.2, -0.15) is 0 Å². The van der Waals surface area contributed by atoms with E-state index in [1.807, 2.05) is 24.3 Å². The number of carbonyl (C=O) groups is 1. The first-order valence-corrected chi connectivity index (χ1v) is 6.97. The second-order valence-electron chi connectivity index (χ2n) is 5.14. The molecule has 1 aromatic rings. The molecule has 0 aliphatic heterocycles. The van der Waals surface area contributed by atoms with Gasteiger partial charge >= 0.3 is 6.03 Å². The molecule has 1 aliphatic carbocycles. The number of amides is 2. The highest BCUT2D eigenvalue weighted by atomic mass is 16.5. The van der Waals surface area contributed by atoms with Crippen LogP contribution in [0.4, 0.5) is 4.79 Å². The van der Waals surface area contributed by atoms with Gasteiger partial charge in [0.25, 0.3) is 0 Å². The Morgan fingerprint density at radius 2 is 2.20 bits per heavy atom. The summed E-state index contributed by atoms with van der Waals surface area (Å²) in [6.45, 7) is 1.15. The van der Waals surface area contributed by atoms with Crippen molar-refractivity contribution in [2.75, 3.05) is 26.8 Å². The number of fused-ring (bicyclic) bond motifs is 1. The predicted molar refractivity (Wildman–Crippen MR) is 76.6 cm³/mol. The number of nitrogens with one attached hydrogen (secondary N) is 2. The normalized spacial score (nSPS) is 21.1. The molecule has 5 heteroatoms. The second-order valence-corrected chi connectivity index (χ2v) is 5.14. The van der Waals surface area contributed by atoms with Gasteiger partial charge in [0.05, 0.1) is 13.2 Å². The standard InChI is InChI=1S/C15H22N2O3/c1-20-10-9-16-14(18)17-11-15(19)8-4-6-12-5-2-3-7-13(12)15/h2-3,5,7,19H,4,6,8-11H2,1H3,(H2,16,17,18)/t15-/m1/s1. The Balaban J connectivity index is 1.94. The van der Waals surface area contributed by atoms with Gasteiger partial charge < -0.3 is 20.5 Å². The third-order valence-electron chi connectivity index (χ3n) is 3.69. The first-order chi connectivity index (χ1) is 9.65. The molecular formula is C15H22N2O3. The summed E-state index contributed by atoms with van der Waals surface area (Å²) in [5.74, 6) is 0. The van der Waals surface area contributed by atoms with Crippen molar-refractivity contribution >= 4 is 6.03 Å². The zero-order chi connectivity index (χ0) is 14.4. The van der Waals surface area contributed by atoms with E-state index in [2.05, 4.69) is 10.6 Å². The lowest BCUT2D eigenvalue weighted by Crippen LogP contribution is -2.46. The van der Waals surface area contributed by atoms with E-state index >= 15 is 0 Å². The van der Waals surface area contributed by atoms with Crippen LogP contribution in [0.5, 0.6) is 0 Å². The average molecular weight is 278 g/mol. The maximum Gasteiger partial charge on any atom is 0.314 e. The van der Waals surface area contributed by atoms with Crippen LogP contribution in [0, 0.1) is 0 Å². The fourth-order valence-corrected chi connectivity index (χ4v) is 2.64. The van der Waals surface area contributed by atoms with Crippen LogP contribution in [-0.4, -0.2) is 37.9 Å². The van der Waals surface area contributed by atoms with Crippen molar-refractivity contribution in [1.29, 1.82) is 0 Å². The highest BCUT2D eigenvalue weighted by Crippen LogP contribution is 2.34. The summed E-state index contributed by atoms with van der Waals surface area (Å²) in [6, 6.07) is 7.61. The summed E-state index contributed by atoms with van der Waals surface area (Å²) in [7, 11) is 1.58. The molecule has 5 nitrogen and oxygen atoms in total. The van der Waals surface area contributed by atoms with Crippen molar-refractivity contribution in [3.63, 3.8) is 0 Å². The van der Waals surface area contributed by atoms with E-state index in [1.165, 1.54) is 5.56 Å². The maximum atomic E-state index is 11.6. The number of hydrogen-bond donors (Lipinski definition) is 3. The molecule has 2 amide bonds. The van der Waals surface area contributed by atoms with Gasteiger partial charge in [-0.25, -0.2) is 4.79 Å². The van der Waals surface area contributed by atoms with Gasteiger partial charge in [0.2, 0.25) is 0 Å². The largest absolute Gasteiger partial charge is 0.383 e. The maximum absolute atomic E-state index is 11.6. The molecule has 110 valence electrons. The summed E-state index contributed by atoms with van der Waals surface area (Å²) in [5, 5.41) is 16.2. The van der Waals surface area contributed by atoms with Crippen LogP contribution in [0.25, 0.3) is 0 Å². The Morgan fingerprint density at radius 3 is 3.00 bits per heavy atom. The average Bonchev–Trinajstić information content (AvgIpc) is 2.46. The third-order valence-corrected chi connectivity index (χ3v) is 3.69. The lowest BCUT2D eigenvalue weighted by atomic mass is 9.79. The van der Waals surface area contributed by atoms with Gasteiger partial charge in [-0.3, -0.25) is 0 Å². The number of ether oxygens (including phenoxy) is 1. The number of hydrogen-bond acceptors (Lipinski definition) is 3. The first-order valence-electron chi connectivity index (χ1n) is 6.97. The van der Waals surface area contributed by atoms with Crippen LogP contribution in [-0.2, 0) is 16.8 Å². The zero-order valence-electron chi connectivity index (χ0n) is 11.8.